The summed E-state index contributed by atoms with van der Waals surface area (Å²) in [6.45, 7) is 9.44. The summed E-state index contributed by atoms with van der Waals surface area (Å²) in [7, 11) is 0. The van der Waals surface area contributed by atoms with Gasteiger partial charge in [0.15, 0.2) is 5.69 Å². The number of halogens is 1. The Bertz CT molecular complexity index is 1510. The molecule has 3 fully saturated rings. The van der Waals surface area contributed by atoms with E-state index < -0.39 is 29.0 Å². The van der Waals surface area contributed by atoms with Gasteiger partial charge in [-0.25, -0.2) is 14.5 Å². The normalized spacial score (nSPS) is 28.0. The van der Waals surface area contributed by atoms with Crippen molar-refractivity contribution in [1.29, 1.82) is 0 Å². The number of rotatable bonds is 5. The molecule has 0 N–H and O–H groups in total. The maximum Gasteiger partial charge on any atom is 0.338 e. The molecular formula is C29H23ClN2O5. The molecule has 2 unspecified atom stereocenters. The van der Waals surface area contributed by atoms with Gasteiger partial charge in [-0.15, -0.1) is 0 Å². The van der Waals surface area contributed by atoms with E-state index in [9.17, 15) is 14.4 Å². The Labute approximate surface area is 218 Å². The Morgan fingerprint density at radius 1 is 1.05 bits per heavy atom. The van der Waals surface area contributed by atoms with Crippen LogP contribution < -0.4 is 4.90 Å². The Hall–Kier alpha value is -3.73. The summed E-state index contributed by atoms with van der Waals surface area (Å²) in [6.07, 6.45) is 1.56. The predicted molar refractivity (Wildman–Crippen MR) is 137 cm³/mol. The first-order chi connectivity index (χ1) is 17.8. The number of benzene rings is 3. The Balaban J connectivity index is 1.29. The molecule has 0 spiro atoms. The first kappa shape index (κ1) is 23.7. The lowest BCUT2D eigenvalue weighted by Crippen LogP contribution is -2.43. The number of amides is 2. The highest BCUT2D eigenvalue weighted by atomic mass is 35.5. The van der Waals surface area contributed by atoms with Crippen LogP contribution in [0.1, 0.15) is 36.5 Å². The van der Waals surface area contributed by atoms with Crippen molar-refractivity contribution in [3.63, 3.8) is 0 Å². The van der Waals surface area contributed by atoms with Crippen molar-refractivity contribution in [2.45, 2.75) is 37.4 Å². The largest absolute Gasteiger partial charge is 0.462 e. The minimum absolute atomic E-state index is 0.0604. The zero-order valence-corrected chi connectivity index (χ0v) is 20.8. The number of carbonyl (C=O) groups is 3. The van der Waals surface area contributed by atoms with Crippen molar-refractivity contribution in [3.8, 4) is 0 Å². The molecule has 3 heterocycles. The second-order valence-electron chi connectivity index (χ2n) is 10.1. The van der Waals surface area contributed by atoms with E-state index in [1.165, 1.54) is 4.90 Å². The van der Waals surface area contributed by atoms with Crippen molar-refractivity contribution in [2.24, 2.45) is 11.8 Å². The molecule has 3 aromatic rings. The molecule has 0 saturated carbocycles. The number of anilines is 1. The zero-order chi connectivity index (χ0) is 25.9. The number of nitrogens with zero attached hydrogens (tertiary/aromatic N) is 2. The van der Waals surface area contributed by atoms with Crippen molar-refractivity contribution < 1.29 is 23.9 Å². The van der Waals surface area contributed by atoms with E-state index in [0.717, 1.165) is 0 Å². The number of ether oxygens (including phenoxy) is 2. The quantitative estimate of drug-likeness (QED) is 0.247. The van der Waals surface area contributed by atoms with Crippen LogP contribution in [0.4, 0.5) is 11.4 Å². The van der Waals surface area contributed by atoms with E-state index in [0.29, 0.717) is 52.0 Å². The van der Waals surface area contributed by atoms with Gasteiger partial charge in [0.1, 0.15) is 0 Å². The summed E-state index contributed by atoms with van der Waals surface area (Å²) in [5, 5.41) is 1.90. The molecule has 3 aliphatic rings. The SMILES string of the molecule is [C-]#[N+]c1ccc(N2C(=O)[C@@H]3[C@H](C2=O)C2(C)CCC3(CCOC(=O)c3ccc(Cl)cc3)O2)c2ccccc12. The molecule has 2 bridgehead atoms. The lowest BCUT2D eigenvalue weighted by Gasteiger charge is -2.31. The number of esters is 1. The standard InChI is InChI=1S/C29H23ClN2O5/c1-28-13-14-29(37-28,15-16-36-27(35)17-7-9-18(30)10-8-17)24-23(28)25(33)32(26(24)34)22-12-11-21(31-2)19-5-3-4-6-20(19)22/h3-12,23-24H,13-16H2,1H3/t23-,24+,28?,29?/m1/s1. The number of imide groups is 1. The third-order valence-corrected chi connectivity index (χ3v) is 8.34. The van der Waals surface area contributed by atoms with Crippen LogP contribution in [0.3, 0.4) is 0 Å². The summed E-state index contributed by atoms with van der Waals surface area (Å²) in [5.41, 5.74) is -0.310. The Kier molecular flexibility index (Phi) is 5.37. The monoisotopic (exact) mass is 514 g/mol. The second-order valence-corrected chi connectivity index (χ2v) is 10.5. The number of carbonyl (C=O) groups excluding carboxylic acids is 3. The van der Waals surface area contributed by atoms with Crippen LogP contribution >= 0.6 is 11.6 Å². The molecule has 4 atom stereocenters. The molecule has 0 aromatic heterocycles. The van der Waals surface area contributed by atoms with Crippen LogP contribution in [-0.4, -0.2) is 35.6 Å². The fraction of sp³-hybridized carbons (Fsp3) is 0.310. The zero-order valence-electron chi connectivity index (χ0n) is 20.1. The third-order valence-electron chi connectivity index (χ3n) is 8.09. The molecule has 2 amide bonds. The van der Waals surface area contributed by atoms with Gasteiger partial charge in [-0.1, -0.05) is 41.9 Å². The van der Waals surface area contributed by atoms with Crippen LogP contribution in [0.5, 0.6) is 0 Å². The van der Waals surface area contributed by atoms with E-state index in [1.807, 2.05) is 31.2 Å². The number of hydrogen-bond acceptors (Lipinski definition) is 5. The fourth-order valence-electron chi connectivity index (χ4n) is 6.39. The second kappa shape index (κ2) is 8.41. The van der Waals surface area contributed by atoms with Crippen molar-refractivity contribution in [1.82, 2.24) is 0 Å². The molecule has 8 heteroatoms. The van der Waals surface area contributed by atoms with Gasteiger partial charge in [-0.3, -0.25) is 9.59 Å². The van der Waals surface area contributed by atoms with E-state index in [-0.39, 0.29) is 18.4 Å². The van der Waals surface area contributed by atoms with E-state index in [4.69, 9.17) is 27.6 Å². The van der Waals surface area contributed by atoms with Gasteiger partial charge < -0.3 is 9.47 Å². The van der Waals surface area contributed by atoms with Gasteiger partial charge in [-0.05, 0) is 60.9 Å². The van der Waals surface area contributed by atoms with Gasteiger partial charge >= 0.3 is 5.97 Å². The summed E-state index contributed by atoms with van der Waals surface area (Å²) >= 11 is 5.90. The van der Waals surface area contributed by atoms with Crippen LogP contribution in [0, 0.1) is 18.4 Å². The average molecular weight is 515 g/mol. The maximum atomic E-state index is 13.9. The van der Waals surface area contributed by atoms with E-state index in [1.54, 1.807) is 36.4 Å². The lowest BCUT2D eigenvalue weighted by molar-refractivity contribution is -0.131. The number of hydrogen-bond donors (Lipinski definition) is 0. The number of fused-ring (bicyclic) bond motifs is 6. The topological polar surface area (TPSA) is 77.3 Å². The van der Waals surface area contributed by atoms with Gasteiger partial charge in [0.2, 0.25) is 11.8 Å². The van der Waals surface area contributed by atoms with Crippen molar-refractivity contribution in [2.75, 3.05) is 11.5 Å². The molecule has 186 valence electrons. The fourth-order valence-corrected chi connectivity index (χ4v) is 6.52. The summed E-state index contributed by atoms with van der Waals surface area (Å²) in [6, 6.07) is 17.1. The van der Waals surface area contributed by atoms with Crippen LogP contribution in [-0.2, 0) is 19.1 Å². The molecule has 6 rings (SSSR count). The molecule has 3 aliphatic heterocycles. The first-order valence-corrected chi connectivity index (χ1v) is 12.6. The predicted octanol–water partition coefficient (Wildman–Crippen LogP) is 5.72. The summed E-state index contributed by atoms with van der Waals surface area (Å²) < 4.78 is 12.0. The van der Waals surface area contributed by atoms with Crippen LogP contribution in [0.15, 0.2) is 60.7 Å². The van der Waals surface area contributed by atoms with Crippen molar-refractivity contribution in [3.05, 3.63) is 82.7 Å². The first-order valence-electron chi connectivity index (χ1n) is 12.2. The van der Waals surface area contributed by atoms with E-state index in [2.05, 4.69) is 4.85 Å². The molecule has 0 radical (unpaired) electrons. The van der Waals surface area contributed by atoms with Gasteiger partial charge in [0.25, 0.3) is 0 Å². The summed E-state index contributed by atoms with van der Waals surface area (Å²) in [4.78, 5) is 45.1. The third kappa shape index (κ3) is 3.47. The van der Waals surface area contributed by atoms with Crippen LogP contribution in [0.2, 0.25) is 5.02 Å². The average Bonchev–Trinajstić information content (AvgIpc) is 3.48. The smallest absolute Gasteiger partial charge is 0.338 e. The molecular weight excluding hydrogens is 492 g/mol. The Morgan fingerprint density at radius 2 is 1.76 bits per heavy atom. The minimum atomic E-state index is -0.882. The van der Waals surface area contributed by atoms with Gasteiger partial charge in [0, 0.05) is 11.4 Å². The van der Waals surface area contributed by atoms with Crippen molar-refractivity contribution >= 4 is 51.5 Å². The molecule has 3 aromatic carbocycles. The highest BCUT2D eigenvalue weighted by molar-refractivity contribution is 6.30. The lowest BCUT2D eigenvalue weighted by atomic mass is 9.67. The minimum Gasteiger partial charge on any atom is -0.462 e. The molecule has 3 saturated heterocycles. The molecule has 7 nitrogen and oxygen atoms in total. The van der Waals surface area contributed by atoms with Crippen LogP contribution in [0.25, 0.3) is 15.6 Å². The van der Waals surface area contributed by atoms with E-state index >= 15 is 0 Å². The maximum absolute atomic E-state index is 13.9. The molecule has 0 aliphatic carbocycles. The Morgan fingerprint density at radius 3 is 2.49 bits per heavy atom. The highest BCUT2D eigenvalue weighted by Gasteiger charge is 2.73. The summed E-state index contributed by atoms with van der Waals surface area (Å²) in [5.74, 6) is -2.33. The molecule has 37 heavy (non-hydrogen) atoms. The van der Waals surface area contributed by atoms with Gasteiger partial charge in [-0.2, -0.15) is 0 Å². The van der Waals surface area contributed by atoms with Gasteiger partial charge in [0.05, 0.1) is 47.5 Å². The highest BCUT2D eigenvalue weighted by Crippen LogP contribution is 2.62.